The van der Waals surface area contributed by atoms with E-state index in [2.05, 4.69) is 12.2 Å². The van der Waals surface area contributed by atoms with E-state index in [0.29, 0.717) is 6.04 Å². The molecule has 2 nitrogen and oxygen atoms in total. The Morgan fingerprint density at radius 3 is 2.78 bits per heavy atom. The Kier molecular flexibility index (Phi) is 6.91. The molecule has 0 radical (unpaired) electrons. The number of hydrogen-bond acceptors (Lipinski definition) is 2. The van der Waals surface area contributed by atoms with Gasteiger partial charge in [0.05, 0.1) is 6.61 Å². The van der Waals surface area contributed by atoms with Crippen molar-refractivity contribution < 1.29 is 9.13 Å². The van der Waals surface area contributed by atoms with Gasteiger partial charge in [-0.1, -0.05) is 13.0 Å². The zero-order valence-electron chi connectivity index (χ0n) is 11.6. The third-order valence-corrected chi connectivity index (χ3v) is 3.12. The van der Waals surface area contributed by atoms with E-state index in [1.165, 1.54) is 11.6 Å². The van der Waals surface area contributed by atoms with Gasteiger partial charge in [-0.3, -0.25) is 0 Å². The summed E-state index contributed by atoms with van der Waals surface area (Å²) in [5.74, 6) is -0.159. The van der Waals surface area contributed by atoms with Gasteiger partial charge in [0.2, 0.25) is 0 Å². The van der Waals surface area contributed by atoms with E-state index in [4.69, 9.17) is 4.74 Å². The summed E-state index contributed by atoms with van der Waals surface area (Å²) >= 11 is 0. The molecule has 3 heteroatoms. The minimum Gasteiger partial charge on any atom is -0.383 e. The van der Waals surface area contributed by atoms with E-state index in [0.717, 1.165) is 38.0 Å². The quantitative estimate of drug-likeness (QED) is 0.768. The molecule has 0 spiro atoms. The van der Waals surface area contributed by atoms with Crippen molar-refractivity contribution >= 4 is 0 Å². The number of ether oxygens (including phenoxy) is 1. The summed E-state index contributed by atoms with van der Waals surface area (Å²) in [6.07, 6.45) is 3.09. The first kappa shape index (κ1) is 15.1. The number of aryl methyl sites for hydroxylation is 2. The zero-order chi connectivity index (χ0) is 13.4. The Labute approximate surface area is 110 Å². The molecule has 0 aliphatic rings. The van der Waals surface area contributed by atoms with E-state index in [1.54, 1.807) is 13.2 Å². The van der Waals surface area contributed by atoms with Gasteiger partial charge in [0, 0.05) is 13.2 Å². The topological polar surface area (TPSA) is 21.3 Å². The molecule has 0 saturated heterocycles. The van der Waals surface area contributed by atoms with Crippen molar-refractivity contribution in [2.75, 3.05) is 20.3 Å². The van der Waals surface area contributed by atoms with Gasteiger partial charge in [-0.25, -0.2) is 4.39 Å². The molecule has 0 bridgehead atoms. The Hall–Kier alpha value is -0.930. The number of nitrogens with one attached hydrogen (secondary N) is 1. The standard InChI is InChI=1S/C15H24FNO/c1-4-9-17-15(11-18-3)8-6-13-5-7-14(16)10-12(13)2/h5,7,10,15,17H,4,6,8-9,11H2,1-3H3. The minimum absolute atomic E-state index is 0.159. The van der Waals surface area contributed by atoms with Crippen molar-refractivity contribution in [1.29, 1.82) is 0 Å². The van der Waals surface area contributed by atoms with Crippen molar-refractivity contribution in [1.82, 2.24) is 5.32 Å². The van der Waals surface area contributed by atoms with E-state index < -0.39 is 0 Å². The Morgan fingerprint density at radius 2 is 2.17 bits per heavy atom. The van der Waals surface area contributed by atoms with Gasteiger partial charge in [0.15, 0.2) is 0 Å². The summed E-state index contributed by atoms with van der Waals surface area (Å²) in [5, 5.41) is 3.47. The molecule has 1 aromatic carbocycles. The third-order valence-electron chi connectivity index (χ3n) is 3.12. The molecule has 0 saturated carbocycles. The van der Waals surface area contributed by atoms with Crippen LogP contribution in [-0.4, -0.2) is 26.3 Å². The van der Waals surface area contributed by atoms with Crippen LogP contribution in [0.4, 0.5) is 4.39 Å². The number of halogens is 1. The van der Waals surface area contributed by atoms with Gasteiger partial charge in [-0.05, 0) is 56.0 Å². The van der Waals surface area contributed by atoms with Crippen molar-refractivity contribution in [2.24, 2.45) is 0 Å². The fraction of sp³-hybridized carbons (Fsp3) is 0.600. The number of rotatable bonds is 8. The molecular formula is C15H24FNO. The van der Waals surface area contributed by atoms with Crippen molar-refractivity contribution in [3.63, 3.8) is 0 Å². The second-order valence-corrected chi connectivity index (χ2v) is 4.72. The Bertz CT molecular complexity index is 354. The number of benzene rings is 1. The van der Waals surface area contributed by atoms with Crippen LogP contribution >= 0.6 is 0 Å². The number of methoxy groups -OCH3 is 1. The second kappa shape index (κ2) is 8.22. The summed E-state index contributed by atoms with van der Waals surface area (Å²) in [5.41, 5.74) is 2.25. The fourth-order valence-electron chi connectivity index (χ4n) is 2.06. The molecule has 0 aliphatic heterocycles. The summed E-state index contributed by atoms with van der Waals surface area (Å²) in [4.78, 5) is 0. The average molecular weight is 253 g/mol. The Balaban J connectivity index is 2.49. The van der Waals surface area contributed by atoms with Crippen molar-refractivity contribution in [3.8, 4) is 0 Å². The van der Waals surface area contributed by atoms with Crippen molar-refractivity contribution in [3.05, 3.63) is 35.1 Å². The van der Waals surface area contributed by atoms with Gasteiger partial charge in [-0.15, -0.1) is 0 Å². The maximum absolute atomic E-state index is 13.0. The predicted molar refractivity (Wildman–Crippen MR) is 73.4 cm³/mol. The molecule has 0 aromatic heterocycles. The summed E-state index contributed by atoms with van der Waals surface area (Å²) in [6.45, 7) is 5.85. The molecule has 0 aliphatic carbocycles. The van der Waals surface area contributed by atoms with Crippen LogP contribution in [0.15, 0.2) is 18.2 Å². The highest BCUT2D eigenvalue weighted by atomic mass is 19.1. The molecular weight excluding hydrogens is 229 g/mol. The van der Waals surface area contributed by atoms with E-state index in [9.17, 15) is 4.39 Å². The summed E-state index contributed by atoms with van der Waals surface area (Å²) < 4.78 is 18.2. The lowest BCUT2D eigenvalue weighted by molar-refractivity contribution is 0.162. The first-order chi connectivity index (χ1) is 8.67. The maximum Gasteiger partial charge on any atom is 0.123 e. The highest BCUT2D eigenvalue weighted by molar-refractivity contribution is 5.26. The first-order valence-corrected chi connectivity index (χ1v) is 6.64. The molecule has 102 valence electrons. The molecule has 18 heavy (non-hydrogen) atoms. The monoisotopic (exact) mass is 253 g/mol. The number of hydrogen-bond donors (Lipinski definition) is 1. The molecule has 0 fully saturated rings. The zero-order valence-corrected chi connectivity index (χ0v) is 11.6. The molecule has 1 unspecified atom stereocenters. The lowest BCUT2D eigenvalue weighted by Gasteiger charge is -2.18. The van der Waals surface area contributed by atoms with E-state index >= 15 is 0 Å². The van der Waals surface area contributed by atoms with Gasteiger partial charge < -0.3 is 10.1 Å². The average Bonchev–Trinajstić information content (AvgIpc) is 2.34. The van der Waals surface area contributed by atoms with Crippen LogP contribution in [0.1, 0.15) is 30.9 Å². The van der Waals surface area contributed by atoms with Gasteiger partial charge in [0.25, 0.3) is 0 Å². The van der Waals surface area contributed by atoms with Crippen molar-refractivity contribution in [2.45, 2.75) is 39.2 Å². The highest BCUT2D eigenvalue weighted by Crippen LogP contribution is 2.13. The van der Waals surface area contributed by atoms with Crippen LogP contribution in [0.5, 0.6) is 0 Å². The van der Waals surface area contributed by atoms with Crippen LogP contribution in [0, 0.1) is 12.7 Å². The lowest BCUT2D eigenvalue weighted by atomic mass is 10.0. The smallest absolute Gasteiger partial charge is 0.123 e. The van der Waals surface area contributed by atoms with Gasteiger partial charge in [0.1, 0.15) is 5.82 Å². The molecule has 1 aromatic rings. The van der Waals surface area contributed by atoms with Crippen LogP contribution < -0.4 is 5.32 Å². The summed E-state index contributed by atoms with van der Waals surface area (Å²) in [7, 11) is 1.73. The molecule has 0 heterocycles. The third kappa shape index (κ3) is 5.15. The predicted octanol–water partition coefficient (Wildman–Crippen LogP) is 3.08. The van der Waals surface area contributed by atoms with Crippen LogP contribution in [-0.2, 0) is 11.2 Å². The minimum atomic E-state index is -0.159. The van der Waals surface area contributed by atoms with Gasteiger partial charge in [-0.2, -0.15) is 0 Å². The van der Waals surface area contributed by atoms with Gasteiger partial charge >= 0.3 is 0 Å². The molecule has 1 N–H and O–H groups in total. The fourth-order valence-corrected chi connectivity index (χ4v) is 2.06. The lowest BCUT2D eigenvalue weighted by Crippen LogP contribution is -2.34. The highest BCUT2D eigenvalue weighted by Gasteiger charge is 2.08. The second-order valence-electron chi connectivity index (χ2n) is 4.72. The van der Waals surface area contributed by atoms with E-state index in [-0.39, 0.29) is 5.82 Å². The van der Waals surface area contributed by atoms with Crippen LogP contribution in [0.3, 0.4) is 0 Å². The summed E-state index contributed by atoms with van der Waals surface area (Å²) in [6, 6.07) is 5.39. The first-order valence-electron chi connectivity index (χ1n) is 6.64. The molecule has 0 amide bonds. The molecule has 1 atom stereocenters. The van der Waals surface area contributed by atoms with Crippen LogP contribution in [0.25, 0.3) is 0 Å². The Morgan fingerprint density at radius 1 is 1.39 bits per heavy atom. The van der Waals surface area contributed by atoms with E-state index in [1.807, 2.05) is 13.0 Å². The maximum atomic E-state index is 13.0. The van der Waals surface area contributed by atoms with Crippen LogP contribution in [0.2, 0.25) is 0 Å². The SMILES string of the molecule is CCCNC(CCc1ccc(F)cc1C)COC. The molecule has 1 rings (SSSR count). The normalized spacial score (nSPS) is 12.7. The largest absolute Gasteiger partial charge is 0.383 e.